The molecule has 0 spiro atoms. The van der Waals surface area contributed by atoms with Crippen molar-refractivity contribution in [1.82, 2.24) is 4.90 Å². The van der Waals surface area contributed by atoms with Crippen molar-refractivity contribution >= 4 is 34.7 Å². The van der Waals surface area contributed by atoms with Gasteiger partial charge in [-0.25, -0.2) is 4.90 Å². The third kappa shape index (κ3) is 3.94. The molecule has 1 aromatic carbocycles. The number of benzene rings is 1. The number of carbonyl (C=O) groups is 2. The van der Waals surface area contributed by atoms with Crippen LogP contribution in [0.3, 0.4) is 0 Å². The van der Waals surface area contributed by atoms with Gasteiger partial charge in [0.25, 0.3) is 11.1 Å². The molecule has 0 bridgehead atoms. The van der Waals surface area contributed by atoms with Gasteiger partial charge in [-0.05, 0) is 43.0 Å². The first-order chi connectivity index (χ1) is 13.1. The van der Waals surface area contributed by atoms with E-state index in [0.29, 0.717) is 17.3 Å². The van der Waals surface area contributed by atoms with E-state index in [4.69, 9.17) is 4.42 Å². The molecular weight excluding hydrogens is 362 g/mol. The molecule has 0 aliphatic carbocycles. The first-order valence-electron chi connectivity index (χ1n) is 9.04. The Hall–Kier alpha value is -2.51. The van der Waals surface area contributed by atoms with E-state index in [1.165, 1.54) is 21.1 Å². The number of hydrogen-bond donors (Lipinski definition) is 1. The molecule has 6 nitrogen and oxygen atoms in total. The summed E-state index contributed by atoms with van der Waals surface area (Å²) in [6, 6.07) is 12.1. The fourth-order valence-corrected chi connectivity index (χ4v) is 4.18. The second-order valence-electron chi connectivity index (χ2n) is 6.86. The maximum absolute atomic E-state index is 12.6. The number of hydrogen-bond acceptors (Lipinski definition) is 5. The molecule has 140 valence electrons. The molecule has 3 heterocycles. The monoisotopic (exact) mass is 384 g/mol. The summed E-state index contributed by atoms with van der Waals surface area (Å²) in [6.07, 6.45) is 3.18. The molecule has 2 fully saturated rings. The SMILES string of the molecule is Cc1ccc(N2CC[NH+](CN3C(=O)S/C(=C/c4ccco4)C3=O)CC2)cc1. The number of piperazine rings is 1. The van der Waals surface area contributed by atoms with E-state index in [2.05, 4.69) is 36.1 Å². The molecule has 2 aliphatic rings. The topological polar surface area (TPSA) is 58.2 Å². The summed E-state index contributed by atoms with van der Waals surface area (Å²) in [5.41, 5.74) is 2.48. The van der Waals surface area contributed by atoms with E-state index in [0.717, 1.165) is 37.9 Å². The van der Waals surface area contributed by atoms with Gasteiger partial charge in [-0.3, -0.25) is 9.59 Å². The Bertz CT molecular complexity index is 853. The molecule has 0 saturated carbocycles. The second-order valence-corrected chi connectivity index (χ2v) is 7.85. The average molecular weight is 384 g/mol. The van der Waals surface area contributed by atoms with E-state index in [9.17, 15) is 9.59 Å². The van der Waals surface area contributed by atoms with Crippen molar-refractivity contribution in [3.63, 3.8) is 0 Å². The van der Waals surface area contributed by atoms with Crippen LogP contribution < -0.4 is 9.80 Å². The lowest BCUT2D eigenvalue weighted by atomic mass is 10.2. The molecule has 1 aromatic heterocycles. The van der Waals surface area contributed by atoms with Gasteiger partial charge in [0.15, 0.2) is 6.67 Å². The highest BCUT2D eigenvalue weighted by molar-refractivity contribution is 8.18. The Morgan fingerprint density at radius 1 is 1.15 bits per heavy atom. The van der Waals surface area contributed by atoms with Gasteiger partial charge in [0, 0.05) is 11.8 Å². The molecule has 0 unspecified atom stereocenters. The van der Waals surface area contributed by atoms with Gasteiger partial charge in [-0.1, -0.05) is 17.7 Å². The van der Waals surface area contributed by atoms with Crippen LogP contribution in [0, 0.1) is 6.92 Å². The zero-order valence-corrected chi connectivity index (χ0v) is 16.0. The predicted molar refractivity (Wildman–Crippen MR) is 105 cm³/mol. The molecule has 4 rings (SSSR count). The van der Waals surface area contributed by atoms with Gasteiger partial charge in [-0.15, -0.1) is 0 Å². The fourth-order valence-electron chi connectivity index (χ4n) is 3.36. The molecule has 2 saturated heterocycles. The lowest BCUT2D eigenvalue weighted by Crippen LogP contribution is -3.16. The quantitative estimate of drug-likeness (QED) is 0.817. The van der Waals surface area contributed by atoms with E-state index >= 15 is 0 Å². The first-order valence-corrected chi connectivity index (χ1v) is 9.86. The number of anilines is 1. The largest absolute Gasteiger partial charge is 0.465 e. The highest BCUT2D eigenvalue weighted by atomic mass is 32.2. The summed E-state index contributed by atoms with van der Waals surface area (Å²) in [6.45, 7) is 6.12. The van der Waals surface area contributed by atoms with Crippen molar-refractivity contribution < 1.29 is 18.9 Å². The number of rotatable bonds is 4. The molecule has 2 amide bonds. The molecule has 1 N–H and O–H groups in total. The van der Waals surface area contributed by atoms with Crippen LogP contribution in [0.4, 0.5) is 10.5 Å². The fraction of sp³-hybridized carbons (Fsp3) is 0.300. The molecule has 7 heteroatoms. The number of furan rings is 1. The molecule has 2 aliphatic heterocycles. The van der Waals surface area contributed by atoms with E-state index in [1.54, 1.807) is 24.5 Å². The van der Waals surface area contributed by atoms with Crippen molar-refractivity contribution in [3.8, 4) is 0 Å². The highest BCUT2D eigenvalue weighted by Gasteiger charge is 2.38. The van der Waals surface area contributed by atoms with Crippen molar-refractivity contribution in [2.45, 2.75) is 6.92 Å². The minimum absolute atomic E-state index is 0.203. The first kappa shape index (κ1) is 17.9. The summed E-state index contributed by atoms with van der Waals surface area (Å²) in [5, 5.41) is -0.203. The molecule has 2 aromatic rings. The van der Waals surface area contributed by atoms with Gasteiger partial charge >= 0.3 is 0 Å². The Balaban J connectivity index is 1.35. The third-order valence-corrected chi connectivity index (χ3v) is 5.85. The van der Waals surface area contributed by atoms with Crippen LogP contribution in [0.15, 0.2) is 52.0 Å². The number of aryl methyl sites for hydroxylation is 1. The lowest BCUT2D eigenvalue weighted by molar-refractivity contribution is -0.907. The number of amides is 2. The highest BCUT2D eigenvalue weighted by Crippen LogP contribution is 2.31. The summed E-state index contributed by atoms with van der Waals surface area (Å²) in [5.74, 6) is 0.356. The molecule has 27 heavy (non-hydrogen) atoms. The van der Waals surface area contributed by atoms with Crippen LogP contribution >= 0.6 is 11.8 Å². The maximum atomic E-state index is 12.6. The number of imide groups is 1. The number of nitrogens with one attached hydrogen (secondary N) is 1. The zero-order valence-electron chi connectivity index (χ0n) is 15.2. The predicted octanol–water partition coefficient (Wildman–Crippen LogP) is 1.99. The molecular formula is C20H22N3O3S+. The van der Waals surface area contributed by atoms with Crippen LogP contribution in [0.5, 0.6) is 0 Å². The van der Waals surface area contributed by atoms with Crippen LogP contribution in [0.25, 0.3) is 6.08 Å². The molecule has 0 radical (unpaired) electrons. The number of carbonyl (C=O) groups excluding carboxylic acids is 2. The van der Waals surface area contributed by atoms with Gasteiger partial charge in [0.2, 0.25) is 0 Å². The number of thioether (sulfide) groups is 1. The third-order valence-electron chi connectivity index (χ3n) is 4.94. The summed E-state index contributed by atoms with van der Waals surface area (Å²) in [4.78, 5) is 30.3. The molecule has 0 atom stereocenters. The van der Waals surface area contributed by atoms with Crippen molar-refractivity contribution in [2.24, 2.45) is 0 Å². The van der Waals surface area contributed by atoms with E-state index in [-0.39, 0.29) is 11.1 Å². The maximum Gasteiger partial charge on any atom is 0.298 e. The Labute approximate surface area is 162 Å². The standard InChI is InChI=1S/C20H21N3O3S/c1-15-4-6-16(7-5-15)22-10-8-21(9-11-22)14-23-19(24)18(27-20(23)25)13-17-3-2-12-26-17/h2-7,12-13H,8-11,14H2,1H3/p+1/b18-13+. The number of quaternary nitrogens is 1. The van der Waals surface area contributed by atoms with Crippen molar-refractivity contribution in [3.05, 3.63) is 58.9 Å². The van der Waals surface area contributed by atoms with Crippen LogP contribution in [0.1, 0.15) is 11.3 Å². The Kier molecular flexibility index (Phi) is 5.05. The summed E-state index contributed by atoms with van der Waals surface area (Å²) in [7, 11) is 0. The van der Waals surface area contributed by atoms with Gasteiger partial charge in [-0.2, -0.15) is 0 Å². The minimum atomic E-state index is -0.227. The Morgan fingerprint density at radius 2 is 1.89 bits per heavy atom. The van der Waals surface area contributed by atoms with Crippen LogP contribution in [0.2, 0.25) is 0 Å². The second kappa shape index (κ2) is 7.62. The van der Waals surface area contributed by atoms with Gasteiger partial charge < -0.3 is 14.2 Å². The van der Waals surface area contributed by atoms with Crippen LogP contribution in [-0.2, 0) is 4.79 Å². The van der Waals surface area contributed by atoms with Gasteiger partial charge in [0.1, 0.15) is 5.76 Å². The van der Waals surface area contributed by atoms with E-state index in [1.807, 2.05) is 0 Å². The lowest BCUT2D eigenvalue weighted by Gasteiger charge is -2.34. The van der Waals surface area contributed by atoms with Gasteiger partial charge in [0.05, 0.1) is 37.3 Å². The van der Waals surface area contributed by atoms with Crippen molar-refractivity contribution in [2.75, 3.05) is 37.7 Å². The minimum Gasteiger partial charge on any atom is -0.465 e. The normalized spacial score (nSPS) is 20.1. The van der Waals surface area contributed by atoms with Crippen LogP contribution in [-0.4, -0.2) is 48.9 Å². The average Bonchev–Trinajstić information content (AvgIpc) is 3.27. The summed E-state index contributed by atoms with van der Waals surface area (Å²) < 4.78 is 5.24. The smallest absolute Gasteiger partial charge is 0.298 e. The Morgan fingerprint density at radius 3 is 2.56 bits per heavy atom. The number of nitrogens with zero attached hydrogens (tertiary/aromatic N) is 2. The zero-order chi connectivity index (χ0) is 18.8. The summed E-state index contributed by atoms with van der Waals surface area (Å²) >= 11 is 0.982. The van der Waals surface area contributed by atoms with Crippen molar-refractivity contribution in [1.29, 1.82) is 0 Å². The van der Waals surface area contributed by atoms with E-state index < -0.39 is 0 Å².